The molecule has 0 aliphatic rings. The maximum atomic E-state index is 4.30. The molecular formula is C12H23N3. The van der Waals surface area contributed by atoms with Gasteiger partial charge in [-0.05, 0) is 12.8 Å². The largest absolute Gasteiger partial charge is 0.356 e. The van der Waals surface area contributed by atoms with Gasteiger partial charge in [0, 0.05) is 25.5 Å². The topological polar surface area (TPSA) is 29.9 Å². The van der Waals surface area contributed by atoms with Crippen molar-refractivity contribution in [3.05, 3.63) is 12.4 Å². The number of unbranched alkanes of at least 4 members (excludes halogenated alkanes) is 3. The van der Waals surface area contributed by atoms with Crippen molar-refractivity contribution < 1.29 is 0 Å². The Balaban J connectivity index is 2.21. The van der Waals surface area contributed by atoms with E-state index in [1.165, 1.54) is 25.7 Å². The number of rotatable bonds is 8. The van der Waals surface area contributed by atoms with E-state index in [-0.39, 0.29) is 0 Å². The molecule has 0 spiro atoms. The lowest BCUT2D eigenvalue weighted by atomic mass is 10.2. The maximum absolute atomic E-state index is 4.30. The highest BCUT2D eigenvalue weighted by molar-refractivity contribution is 5.25. The molecule has 0 aliphatic heterocycles. The molecule has 86 valence electrons. The predicted molar refractivity (Wildman–Crippen MR) is 65.1 cm³/mol. The minimum absolute atomic E-state index is 1.02. The van der Waals surface area contributed by atoms with Crippen LogP contribution in [-0.4, -0.2) is 16.1 Å². The molecule has 0 atom stereocenters. The zero-order valence-corrected chi connectivity index (χ0v) is 10.00. The third-order valence-electron chi connectivity index (χ3n) is 2.49. The van der Waals surface area contributed by atoms with Crippen molar-refractivity contribution >= 4 is 5.95 Å². The summed E-state index contributed by atoms with van der Waals surface area (Å²) >= 11 is 0. The first-order chi connectivity index (χ1) is 7.38. The molecule has 1 aromatic heterocycles. The molecule has 0 aromatic carbocycles. The van der Waals surface area contributed by atoms with E-state index in [9.17, 15) is 0 Å². The highest BCUT2D eigenvalue weighted by Gasteiger charge is 1.99. The van der Waals surface area contributed by atoms with E-state index < -0.39 is 0 Å². The molecule has 0 aliphatic carbocycles. The van der Waals surface area contributed by atoms with Gasteiger partial charge in [0.2, 0.25) is 5.95 Å². The number of nitrogens with zero attached hydrogens (tertiary/aromatic N) is 2. The third-order valence-corrected chi connectivity index (χ3v) is 2.49. The van der Waals surface area contributed by atoms with Crippen LogP contribution in [0.1, 0.15) is 46.0 Å². The molecule has 1 heterocycles. The van der Waals surface area contributed by atoms with Crippen molar-refractivity contribution in [1.29, 1.82) is 0 Å². The number of hydrogen-bond donors (Lipinski definition) is 1. The van der Waals surface area contributed by atoms with Crippen molar-refractivity contribution in [2.45, 2.75) is 52.5 Å². The van der Waals surface area contributed by atoms with Crippen molar-refractivity contribution in [2.75, 3.05) is 11.9 Å². The van der Waals surface area contributed by atoms with Crippen molar-refractivity contribution in [1.82, 2.24) is 9.55 Å². The van der Waals surface area contributed by atoms with Crippen molar-refractivity contribution in [3.8, 4) is 0 Å². The average Bonchev–Trinajstić information content (AvgIpc) is 2.66. The number of imidazole rings is 1. The average molecular weight is 209 g/mol. The van der Waals surface area contributed by atoms with Crippen LogP contribution in [0.2, 0.25) is 0 Å². The van der Waals surface area contributed by atoms with Gasteiger partial charge in [-0.3, -0.25) is 0 Å². The molecule has 0 radical (unpaired) electrons. The Hall–Kier alpha value is -0.990. The van der Waals surface area contributed by atoms with Gasteiger partial charge in [0.1, 0.15) is 0 Å². The lowest BCUT2D eigenvalue weighted by molar-refractivity contribution is 0.663. The Bertz CT molecular complexity index is 255. The molecule has 1 N–H and O–H groups in total. The SMILES string of the molecule is CCCCCCNc1nccn1CCC. The Morgan fingerprint density at radius 1 is 1.20 bits per heavy atom. The van der Waals surface area contributed by atoms with Gasteiger partial charge in [-0.25, -0.2) is 4.98 Å². The molecule has 3 heteroatoms. The van der Waals surface area contributed by atoms with E-state index in [0.29, 0.717) is 0 Å². The summed E-state index contributed by atoms with van der Waals surface area (Å²) in [6.07, 6.45) is 10.3. The molecule has 0 amide bonds. The Morgan fingerprint density at radius 2 is 2.07 bits per heavy atom. The molecule has 1 aromatic rings. The summed E-state index contributed by atoms with van der Waals surface area (Å²) in [5.41, 5.74) is 0. The predicted octanol–water partition coefficient (Wildman–Crippen LogP) is 3.29. The van der Waals surface area contributed by atoms with E-state index >= 15 is 0 Å². The maximum Gasteiger partial charge on any atom is 0.202 e. The summed E-state index contributed by atoms with van der Waals surface area (Å²) in [6, 6.07) is 0. The van der Waals surface area contributed by atoms with Crippen LogP contribution in [0.15, 0.2) is 12.4 Å². The van der Waals surface area contributed by atoms with Crippen molar-refractivity contribution in [2.24, 2.45) is 0 Å². The van der Waals surface area contributed by atoms with Crippen LogP contribution in [0.5, 0.6) is 0 Å². The first-order valence-corrected chi connectivity index (χ1v) is 6.13. The van der Waals surface area contributed by atoms with Gasteiger partial charge in [-0.2, -0.15) is 0 Å². The van der Waals surface area contributed by atoms with Gasteiger partial charge >= 0.3 is 0 Å². The van der Waals surface area contributed by atoms with Crippen LogP contribution in [0, 0.1) is 0 Å². The summed E-state index contributed by atoms with van der Waals surface area (Å²) in [6.45, 7) is 6.52. The van der Waals surface area contributed by atoms with E-state index in [0.717, 1.165) is 25.5 Å². The Kier molecular flexibility index (Phi) is 5.90. The van der Waals surface area contributed by atoms with Gasteiger partial charge < -0.3 is 9.88 Å². The highest BCUT2D eigenvalue weighted by atomic mass is 15.2. The Labute approximate surface area is 92.9 Å². The van der Waals surface area contributed by atoms with E-state index in [4.69, 9.17) is 0 Å². The van der Waals surface area contributed by atoms with Crippen LogP contribution < -0.4 is 5.32 Å². The first-order valence-electron chi connectivity index (χ1n) is 6.13. The lowest BCUT2D eigenvalue weighted by Crippen LogP contribution is -2.08. The second kappa shape index (κ2) is 7.32. The molecule has 0 saturated carbocycles. The van der Waals surface area contributed by atoms with Crippen molar-refractivity contribution in [3.63, 3.8) is 0 Å². The summed E-state index contributed by atoms with van der Waals surface area (Å²) in [5, 5.41) is 3.39. The number of aryl methyl sites for hydroxylation is 1. The summed E-state index contributed by atoms with van der Waals surface area (Å²) in [4.78, 5) is 4.30. The summed E-state index contributed by atoms with van der Waals surface area (Å²) in [7, 11) is 0. The summed E-state index contributed by atoms with van der Waals surface area (Å²) in [5.74, 6) is 1.02. The van der Waals surface area contributed by atoms with Crippen LogP contribution in [0.25, 0.3) is 0 Å². The highest BCUT2D eigenvalue weighted by Crippen LogP contribution is 2.06. The second-order valence-corrected chi connectivity index (χ2v) is 3.93. The van der Waals surface area contributed by atoms with Crippen LogP contribution in [0.3, 0.4) is 0 Å². The molecule has 0 unspecified atom stereocenters. The first kappa shape index (κ1) is 12.1. The minimum Gasteiger partial charge on any atom is -0.356 e. The van der Waals surface area contributed by atoms with E-state index in [1.807, 2.05) is 12.4 Å². The quantitative estimate of drug-likeness (QED) is 0.666. The van der Waals surface area contributed by atoms with Crippen LogP contribution in [0.4, 0.5) is 5.95 Å². The smallest absolute Gasteiger partial charge is 0.202 e. The molecule has 0 fully saturated rings. The monoisotopic (exact) mass is 209 g/mol. The second-order valence-electron chi connectivity index (χ2n) is 3.93. The standard InChI is InChI=1S/C12H23N3/c1-3-5-6-7-8-13-12-14-9-11-15(12)10-4-2/h9,11H,3-8,10H2,1-2H3,(H,13,14). The number of hydrogen-bond acceptors (Lipinski definition) is 2. The zero-order chi connectivity index (χ0) is 10.9. The normalized spacial score (nSPS) is 10.5. The minimum atomic E-state index is 1.02. The van der Waals surface area contributed by atoms with Gasteiger partial charge in [0.05, 0.1) is 0 Å². The van der Waals surface area contributed by atoms with Crippen LogP contribution in [-0.2, 0) is 6.54 Å². The molecule has 3 nitrogen and oxygen atoms in total. The van der Waals surface area contributed by atoms with E-state index in [2.05, 4.69) is 28.7 Å². The van der Waals surface area contributed by atoms with Gasteiger partial charge in [0.25, 0.3) is 0 Å². The number of aromatic nitrogens is 2. The molecule has 15 heavy (non-hydrogen) atoms. The number of nitrogens with one attached hydrogen (secondary N) is 1. The van der Waals surface area contributed by atoms with Gasteiger partial charge in [-0.15, -0.1) is 0 Å². The molecule has 0 bridgehead atoms. The Morgan fingerprint density at radius 3 is 2.80 bits per heavy atom. The zero-order valence-electron chi connectivity index (χ0n) is 10.00. The number of anilines is 1. The van der Waals surface area contributed by atoms with Gasteiger partial charge in [-0.1, -0.05) is 33.1 Å². The molecule has 1 rings (SSSR count). The molecular weight excluding hydrogens is 186 g/mol. The molecule has 0 saturated heterocycles. The van der Waals surface area contributed by atoms with Crippen LogP contribution >= 0.6 is 0 Å². The fourth-order valence-electron chi connectivity index (χ4n) is 1.65. The third kappa shape index (κ3) is 4.36. The van der Waals surface area contributed by atoms with E-state index in [1.54, 1.807) is 0 Å². The van der Waals surface area contributed by atoms with Gasteiger partial charge in [0.15, 0.2) is 0 Å². The fraction of sp³-hybridized carbons (Fsp3) is 0.750. The lowest BCUT2D eigenvalue weighted by Gasteiger charge is -2.08. The fourth-order valence-corrected chi connectivity index (χ4v) is 1.65. The summed E-state index contributed by atoms with van der Waals surface area (Å²) < 4.78 is 2.18.